The minimum Gasteiger partial charge on any atom is -0.481 e. The van der Waals surface area contributed by atoms with Crippen LogP contribution in [-0.4, -0.2) is 62.0 Å². The van der Waals surface area contributed by atoms with Crippen molar-refractivity contribution in [3.63, 3.8) is 0 Å². The molecule has 1 saturated heterocycles. The molecule has 1 amide bonds. The summed E-state index contributed by atoms with van der Waals surface area (Å²) in [5, 5.41) is 9.39. The Kier molecular flexibility index (Phi) is 10.3. The van der Waals surface area contributed by atoms with Crippen LogP contribution in [0.15, 0.2) is 53.4 Å². The number of piperidine rings is 1. The number of hydrogen-bond donors (Lipinski definition) is 2. The highest BCUT2D eigenvalue weighted by Gasteiger charge is 2.53. The summed E-state index contributed by atoms with van der Waals surface area (Å²) in [6, 6.07) is 12.8. The molecule has 1 aliphatic rings. The molecule has 3 rings (SSSR count). The van der Waals surface area contributed by atoms with Crippen LogP contribution in [0.1, 0.15) is 35.7 Å². The van der Waals surface area contributed by atoms with Gasteiger partial charge in [0.2, 0.25) is 0 Å². The molecule has 2 aromatic rings. The molecule has 0 aliphatic carbocycles. The number of methoxy groups -OCH3 is 1. The summed E-state index contributed by atoms with van der Waals surface area (Å²) >= 11 is 0. The van der Waals surface area contributed by atoms with Crippen LogP contribution in [0.2, 0.25) is 0 Å². The van der Waals surface area contributed by atoms with Crippen LogP contribution >= 0.6 is 12.4 Å². The molecule has 194 valence electrons. The fraction of sp³-hybridized carbons (Fsp3) is 0.360. The molecule has 0 atom stereocenters. The minimum atomic E-state index is -4.16. The molecule has 1 aliphatic heterocycles. The average Bonchev–Trinajstić information content (AvgIpc) is 2.89. The van der Waals surface area contributed by atoms with Crippen LogP contribution < -0.4 is 10.2 Å². The summed E-state index contributed by atoms with van der Waals surface area (Å²) in [6.07, 6.45) is -0.0705. The van der Waals surface area contributed by atoms with E-state index >= 15 is 0 Å². The zero-order chi connectivity index (χ0) is 25.5. The van der Waals surface area contributed by atoms with E-state index in [0.717, 1.165) is 5.56 Å². The van der Waals surface area contributed by atoms with Gasteiger partial charge in [-0.15, -0.1) is 18.3 Å². The quantitative estimate of drug-likeness (QED) is 0.228. The minimum absolute atomic E-state index is 0. The lowest BCUT2D eigenvalue weighted by Gasteiger charge is -2.39. The first-order chi connectivity index (χ1) is 16.8. The van der Waals surface area contributed by atoms with Gasteiger partial charge in [-0.2, -0.15) is 0 Å². The fourth-order valence-electron chi connectivity index (χ4n) is 4.13. The van der Waals surface area contributed by atoms with Crippen LogP contribution in [0.3, 0.4) is 0 Å². The highest BCUT2D eigenvalue weighted by atomic mass is 35.5. The van der Waals surface area contributed by atoms with Gasteiger partial charge in [-0.3, -0.25) is 14.9 Å². The average molecular weight is 537 g/mol. The van der Waals surface area contributed by atoms with Gasteiger partial charge in [-0.05, 0) is 55.7 Å². The van der Waals surface area contributed by atoms with Crippen molar-refractivity contribution < 1.29 is 32.7 Å². The second kappa shape index (κ2) is 12.7. The SMILES string of the molecule is CC#CCOc1ccc(S(=O)(=O)C2(C(=O)NO)CCN(Cc3ccccc3C(=O)OC)CC2)cc1.Cl. The van der Waals surface area contributed by atoms with E-state index in [2.05, 4.69) is 11.8 Å². The van der Waals surface area contributed by atoms with Crippen molar-refractivity contribution in [3.8, 4) is 17.6 Å². The number of likely N-dealkylation sites (tertiary alicyclic amines) is 1. The Bertz CT molecular complexity index is 1230. The van der Waals surface area contributed by atoms with Crippen LogP contribution in [-0.2, 0) is 25.9 Å². The second-order valence-electron chi connectivity index (χ2n) is 8.05. The molecule has 1 fully saturated rings. The monoisotopic (exact) mass is 536 g/mol. The molecule has 0 aromatic heterocycles. The topological polar surface area (TPSA) is 122 Å². The number of nitrogens with zero attached hydrogens (tertiary/aromatic N) is 1. The predicted molar refractivity (Wildman–Crippen MR) is 135 cm³/mol. The molecule has 11 heteroatoms. The van der Waals surface area contributed by atoms with Crippen LogP contribution in [0.5, 0.6) is 5.75 Å². The summed E-state index contributed by atoms with van der Waals surface area (Å²) in [5.74, 6) is 4.49. The molecule has 0 saturated carbocycles. The van der Waals surface area contributed by atoms with Gasteiger partial charge in [-0.25, -0.2) is 18.7 Å². The fourth-order valence-corrected chi connectivity index (χ4v) is 6.09. The van der Waals surface area contributed by atoms with Gasteiger partial charge < -0.3 is 9.47 Å². The standard InChI is InChI=1S/C25H28N2O7S.ClH/c1-3-4-17-34-20-9-11-21(12-10-20)35(31,32)25(24(29)26-30)13-15-27(16-14-25)18-19-7-5-6-8-22(19)23(28)33-2;/h5-12,30H,13-18H2,1-2H3,(H,26,29);1H. The number of halogens is 1. The van der Waals surface area contributed by atoms with Gasteiger partial charge in [-0.1, -0.05) is 24.1 Å². The number of nitrogens with one attached hydrogen (secondary N) is 1. The van der Waals surface area contributed by atoms with Gasteiger partial charge in [0.15, 0.2) is 14.6 Å². The normalized spacial score (nSPS) is 15.0. The predicted octanol–water partition coefficient (Wildman–Crippen LogP) is 2.61. The number of hydroxylamine groups is 1. The van der Waals surface area contributed by atoms with Crippen molar-refractivity contribution in [3.05, 3.63) is 59.7 Å². The van der Waals surface area contributed by atoms with E-state index < -0.39 is 26.5 Å². The van der Waals surface area contributed by atoms with Gasteiger partial charge >= 0.3 is 5.97 Å². The van der Waals surface area contributed by atoms with Gasteiger partial charge in [0.25, 0.3) is 5.91 Å². The molecular weight excluding hydrogens is 508 g/mol. The van der Waals surface area contributed by atoms with Crippen molar-refractivity contribution in [2.45, 2.75) is 36.0 Å². The summed E-state index contributed by atoms with van der Waals surface area (Å²) in [4.78, 5) is 26.7. The van der Waals surface area contributed by atoms with E-state index in [1.54, 1.807) is 30.6 Å². The number of carbonyl (C=O) groups is 2. The molecule has 0 unspecified atom stereocenters. The van der Waals surface area contributed by atoms with E-state index in [4.69, 9.17) is 9.47 Å². The number of rotatable bonds is 8. The van der Waals surface area contributed by atoms with Crippen molar-refractivity contribution in [2.24, 2.45) is 0 Å². The first-order valence-electron chi connectivity index (χ1n) is 11.0. The number of sulfone groups is 1. The maximum atomic E-state index is 13.6. The summed E-state index contributed by atoms with van der Waals surface area (Å²) < 4.78 is 35.7. The highest BCUT2D eigenvalue weighted by molar-refractivity contribution is 7.93. The van der Waals surface area contributed by atoms with Gasteiger partial charge in [0.05, 0.1) is 17.6 Å². The number of carbonyl (C=O) groups excluding carboxylic acids is 2. The van der Waals surface area contributed by atoms with Gasteiger partial charge in [0, 0.05) is 19.6 Å². The lowest BCUT2D eigenvalue weighted by atomic mass is 9.94. The number of hydrogen-bond acceptors (Lipinski definition) is 8. The van der Waals surface area contributed by atoms with E-state index in [9.17, 15) is 23.2 Å². The molecule has 0 radical (unpaired) electrons. The van der Waals surface area contributed by atoms with E-state index in [1.807, 2.05) is 11.0 Å². The molecule has 0 spiro atoms. The maximum absolute atomic E-state index is 13.6. The summed E-state index contributed by atoms with van der Waals surface area (Å²) in [6.45, 7) is 2.77. The summed E-state index contributed by atoms with van der Waals surface area (Å²) in [5.41, 5.74) is 2.73. The van der Waals surface area contributed by atoms with Crippen LogP contribution in [0.4, 0.5) is 0 Å². The van der Waals surface area contributed by atoms with Crippen LogP contribution in [0, 0.1) is 11.8 Å². The van der Waals surface area contributed by atoms with Crippen LogP contribution in [0.25, 0.3) is 0 Å². The van der Waals surface area contributed by atoms with E-state index in [-0.39, 0.29) is 49.8 Å². The maximum Gasteiger partial charge on any atom is 0.338 e. The Labute approximate surface area is 217 Å². The van der Waals surface area contributed by atoms with Crippen molar-refractivity contribution in [2.75, 3.05) is 26.8 Å². The first-order valence-corrected chi connectivity index (χ1v) is 12.5. The molecular formula is C25H29ClN2O7S. The Hall–Kier alpha value is -3.10. The zero-order valence-corrected chi connectivity index (χ0v) is 21.7. The Morgan fingerprint density at radius 1 is 1.11 bits per heavy atom. The Morgan fingerprint density at radius 3 is 2.33 bits per heavy atom. The number of ether oxygens (including phenoxy) is 2. The summed E-state index contributed by atoms with van der Waals surface area (Å²) in [7, 11) is -2.84. The third-order valence-electron chi connectivity index (χ3n) is 6.13. The molecule has 0 bridgehead atoms. The Balaban J connectivity index is 0.00000456. The van der Waals surface area contributed by atoms with Crippen molar-refractivity contribution >= 4 is 34.1 Å². The highest BCUT2D eigenvalue weighted by Crippen LogP contribution is 2.37. The molecule has 2 aromatic carbocycles. The molecule has 9 nitrogen and oxygen atoms in total. The Morgan fingerprint density at radius 2 is 1.75 bits per heavy atom. The lowest BCUT2D eigenvalue weighted by molar-refractivity contribution is -0.133. The zero-order valence-electron chi connectivity index (χ0n) is 20.0. The van der Waals surface area contributed by atoms with Crippen molar-refractivity contribution in [1.29, 1.82) is 0 Å². The van der Waals surface area contributed by atoms with Crippen molar-refractivity contribution in [1.82, 2.24) is 10.4 Å². The smallest absolute Gasteiger partial charge is 0.338 e. The third-order valence-corrected chi connectivity index (χ3v) is 8.65. The van der Waals surface area contributed by atoms with Gasteiger partial charge in [0.1, 0.15) is 12.4 Å². The molecule has 1 heterocycles. The third kappa shape index (κ3) is 5.99. The second-order valence-corrected chi connectivity index (χ2v) is 10.3. The molecule has 36 heavy (non-hydrogen) atoms. The van der Waals surface area contributed by atoms with E-state index in [0.29, 0.717) is 17.9 Å². The number of amides is 1. The number of esters is 1. The first kappa shape index (κ1) is 29.1. The molecule has 2 N–H and O–H groups in total. The number of benzene rings is 2. The largest absolute Gasteiger partial charge is 0.481 e. The lowest BCUT2D eigenvalue weighted by Crippen LogP contribution is -2.57. The van der Waals surface area contributed by atoms with E-state index in [1.165, 1.54) is 31.4 Å².